The molecule has 32 heavy (non-hydrogen) atoms. The van der Waals surface area contributed by atoms with Crippen molar-refractivity contribution in [1.82, 2.24) is 9.78 Å². The summed E-state index contributed by atoms with van der Waals surface area (Å²) in [5.74, 6) is 1.13. The maximum Gasteiger partial charge on any atom is 0.129 e. The third-order valence-electron chi connectivity index (χ3n) is 5.46. The summed E-state index contributed by atoms with van der Waals surface area (Å²) in [6, 6.07) is 20.3. The predicted molar refractivity (Wildman–Crippen MR) is 126 cm³/mol. The van der Waals surface area contributed by atoms with E-state index in [1.54, 1.807) is 26.4 Å². The Balaban J connectivity index is 1.95. The van der Waals surface area contributed by atoms with Gasteiger partial charge in [0.2, 0.25) is 0 Å². The average Bonchev–Trinajstić information content (AvgIpc) is 3.20. The second-order valence-electron chi connectivity index (χ2n) is 7.35. The highest BCUT2D eigenvalue weighted by Crippen LogP contribution is 2.36. The van der Waals surface area contributed by atoms with E-state index in [1.165, 1.54) is 6.07 Å². The molecule has 0 spiro atoms. The van der Waals surface area contributed by atoms with Gasteiger partial charge in [0.15, 0.2) is 0 Å². The molecule has 0 unspecified atom stereocenters. The van der Waals surface area contributed by atoms with E-state index in [0.717, 1.165) is 46.0 Å². The molecule has 164 valence electrons. The van der Waals surface area contributed by atoms with E-state index in [0.29, 0.717) is 10.6 Å². The number of rotatable bonds is 7. The molecule has 1 aromatic heterocycles. The van der Waals surface area contributed by atoms with Gasteiger partial charge in [-0.2, -0.15) is 5.10 Å². The molecule has 4 nitrogen and oxygen atoms in total. The molecule has 0 aliphatic rings. The molecule has 3 aromatic carbocycles. The van der Waals surface area contributed by atoms with E-state index in [9.17, 15) is 4.39 Å². The number of methoxy groups -OCH3 is 2. The van der Waals surface area contributed by atoms with Gasteiger partial charge in [0, 0.05) is 27.3 Å². The molecule has 0 saturated carbocycles. The first kappa shape index (κ1) is 21.9. The SMILES string of the molecule is CCc1c(-c2cccc(OC)c2)nn(Cc2c(F)cccc2Cl)c1-c1cccc(OC)c1. The van der Waals surface area contributed by atoms with Crippen LogP contribution >= 0.6 is 11.6 Å². The summed E-state index contributed by atoms with van der Waals surface area (Å²) in [5, 5.41) is 5.30. The Hall–Kier alpha value is -3.31. The van der Waals surface area contributed by atoms with Crippen molar-refractivity contribution < 1.29 is 13.9 Å². The quantitative estimate of drug-likeness (QED) is 0.316. The standard InChI is InChI=1S/C26H24ClFN2O2/c1-4-21-25(17-8-5-10-19(14-17)31-2)29-30(16-22-23(27)12-7-13-24(22)28)26(21)18-9-6-11-20(15-18)32-3/h5-15H,4,16H2,1-3H3. The van der Waals surface area contributed by atoms with Crippen LogP contribution in [0, 0.1) is 5.82 Å². The van der Waals surface area contributed by atoms with Crippen molar-refractivity contribution in [3.63, 3.8) is 0 Å². The van der Waals surface area contributed by atoms with Gasteiger partial charge in [0.1, 0.15) is 17.3 Å². The molecule has 0 atom stereocenters. The summed E-state index contributed by atoms with van der Waals surface area (Å²) in [6.45, 7) is 2.29. The van der Waals surface area contributed by atoms with Gasteiger partial charge in [0.05, 0.1) is 32.2 Å². The minimum Gasteiger partial charge on any atom is -0.497 e. The van der Waals surface area contributed by atoms with E-state index in [-0.39, 0.29) is 12.4 Å². The summed E-state index contributed by atoms with van der Waals surface area (Å²) >= 11 is 6.34. The zero-order chi connectivity index (χ0) is 22.7. The predicted octanol–water partition coefficient (Wildman–Crippen LogP) is 6.64. The Bertz CT molecular complexity index is 1230. The van der Waals surface area contributed by atoms with Gasteiger partial charge in [-0.1, -0.05) is 48.9 Å². The van der Waals surface area contributed by atoms with Crippen molar-refractivity contribution in [2.45, 2.75) is 19.9 Å². The molecule has 0 aliphatic heterocycles. The fourth-order valence-electron chi connectivity index (χ4n) is 3.88. The number of ether oxygens (including phenoxy) is 2. The van der Waals surface area contributed by atoms with Gasteiger partial charge in [-0.3, -0.25) is 4.68 Å². The van der Waals surface area contributed by atoms with Crippen LogP contribution in [0.4, 0.5) is 4.39 Å². The van der Waals surface area contributed by atoms with Crippen LogP contribution in [-0.2, 0) is 13.0 Å². The zero-order valence-electron chi connectivity index (χ0n) is 18.2. The molecule has 0 radical (unpaired) electrons. The molecular weight excluding hydrogens is 427 g/mol. The first-order valence-corrected chi connectivity index (χ1v) is 10.7. The van der Waals surface area contributed by atoms with Gasteiger partial charge in [-0.25, -0.2) is 4.39 Å². The number of nitrogens with zero attached hydrogens (tertiary/aromatic N) is 2. The molecule has 6 heteroatoms. The van der Waals surface area contributed by atoms with Crippen LogP contribution in [0.3, 0.4) is 0 Å². The third-order valence-corrected chi connectivity index (χ3v) is 5.81. The van der Waals surface area contributed by atoms with Gasteiger partial charge in [-0.15, -0.1) is 0 Å². The summed E-state index contributed by atoms with van der Waals surface area (Å²) < 4.78 is 27.3. The minimum atomic E-state index is -0.356. The third kappa shape index (κ3) is 4.21. The molecular formula is C26H24ClFN2O2. The highest BCUT2D eigenvalue weighted by atomic mass is 35.5. The van der Waals surface area contributed by atoms with E-state index in [1.807, 2.05) is 53.2 Å². The second-order valence-corrected chi connectivity index (χ2v) is 7.76. The molecule has 0 bridgehead atoms. The van der Waals surface area contributed by atoms with Gasteiger partial charge >= 0.3 is 0 Å². The smallest absolute Gasteiger partial charge is 0.129 e. The molecule has 0 aliphatic carbocycles. The topological polar surface area (TPSA) is 36.3 Å². The lowest BCUT2D eigenvalue weighted by Crippen LogP contribution is -2.07. The maximum atomic E-state index is 14.6. The number of halogens is 2. The summed E-state index contributed by atoms with van der Waals surface area (Å²) in [6.07, 6.45) is 0.740. The van der Waals surface area contributed by atoms with Crippen LogP contribution in [0.25, 0.3) is 22.5 Å². The van der Waals surface area contributed by atoms with Gasteiger partial charge in [-0.05, 0) is 42.8 Å². The Morgan fingerprint density at radius 3 is 2.12 bits per heavy atom. The van der Waals surface area contributed by atoms with E-state index in [2.05, 4.69) is 6.92 Å². The Labute approximate surface area is 192 Å². The average molecular weight is 451 g/mol. The minimum absolute atomic E-state index is 0.203. The van der Waals surface area contributed by atoms with Crippen LogP contribution < -0.4 is 9.47 Å². The molecule has 0 N–H and O–H groups in total. The lowest BCUT2D eigenvalue weighted by Gasteiger charge is -2.12. The lowest BCUT2D eigenvalue weighted by molar-refractivity contribution is 0.415. The fraction of sp³-hybridized carbons (Fsp3) is 0.192. The summed E-state index contributed by atoms with van der Waals surface area (Å²) in [5.41, 5.74) is 5.07. The molecule has 4 aromatic rings. The summed E-state index contributed by atoms with van der Waals surface area (Å²) in [7, 11) is 3.28. The van der Waals surface area contributed by atoms with Gasteiger partial charge < -0.3 is 9.47 Å². The van der Waals surface area contributed by atoms with Gasteiger partial charge in [0.25, 0.3) is 0 Å². The Kier molecular flexibility index (Phi) is 6.47. The van der Waals surface area contributed by atoms with Crippen LogP contribution in [0.15, 0.2) is 66.7 Å². The van der Waals surface area contributed by atoms with E-state index < -0.39 is 0 Å². The normalized spacial score (nSPS) is 10.9. The van der Waals surface area contributed by atoms with Crippen molar-refractivity contribution in [3.05, 3.63) is 88.7 Å². The first-order valence-electron chi connectivity index (χ1n) is 10.4. The zero-order valence-corrected chi connectivity index (χ0v) is 19.0. The number of aromatic nitrogens is 2. The molecule has 0 fully saturated rings. The van der Waals surface area contributed by atoms with E-state index in [4.69, 9.17) is 26.2 Å². The Morgan fingerprint density at radius 2 is 1.50 bits per heavy atom. The van der Waals surface area contributed by atoms with Crippen molar-refractivity contribution >= 4 is 11.6 Å². The maximum absolute atomic E-state index is 14.6. The van der Waals surface area contributed by atoms with Crippen LogP contribution in [0.5, 0.6) is 11.5 Å². The number of hydrogen-bond acceptors (Lipinski definition) is 3. The number of hydrogen-bond donors (Lipinski definition) is 0. The van der Waals surface area contributed by atoms with E-state index >= 15 is 0 Å². The largest absolute Gasteiger partial charge is 0.497 e. The fourth-order valence-corrected chi connectivity index (χ4v) is 4.10. The van der Waals surface area contributed by atoms with Crippen LogP contribution in [0.1, 0.15) is 18.1 Å². The van der Waals surface area contributed by atoms with Crippen molar-refractivity contribution in [2.24, 2.45) is 0 Å². The van der Waals surface area contributed by atoms with Crippen molar-refractivity contribution in [2.75, 3.05) is 14.2 Å². The Morgan fingerprint density at radius 1 is 0.875 bits per heavy atom. The number of benzene rings is 3. The lowest BCUT2D eigenvalue weighted by atomic mass is 9.99. The molecule has 0 amide bonds. The molecule has 4 rings (SSSR count). The molecule has 1 heterocycles. The second kappa shape index (κ2) is 9.45. The highest BCUT2D eigenvalue weighted by Gasteiger charge is 2.21. The monoisotopic (exact) mass is 450 g/mol. The first-order chi connectivity index (χ1) is 15.5. The highest BCUT2D eigenvalue weighted by molar-refractivity contribution is 6.31. The molecule has 0 saturated heterocycles. The summed E-state index contributed by atoms with van der Waals surface area (Å²) in [4.78, 5) is 0. The van der Waals surface area contributed by atoms with Crippen molar-refractivity contribution in [3.8, 4) is 34.0 Å². The van der Waals surface area contributed by atoms with Crippen LogP contribution in [0.2, 0.25) is 5.02 Å². The van der Waals surface area contributed by atoms with Crippen LogP contribution in [-0.4, -0.2) is 24.0 Å². The van der Waals surface area contributed by atoms with Crippen molar-refractivity contribution in [1.29, 1.82) is 0 Å².